The van der Waals surface area contributed by atoms with Crippen LogP contribution in [0.3, 0.4) is 0 Å². The number of carbonyl (C=O) groups is 2. The Morgan fingerprint density at radius 1 is 1.37 bits per heavy atom. The monoisotopic (exact) mass is 285 g/mol. The first kappa shape index (κ1) is 17.4. The zero-order valence-electron chi connectivity index (χ0n) is 11.3. The molecule has 5 nitrogen and oxygen atoms in total. The van der Waals surface area contributed by atoms with Crippen molar-refractivity contribution in [2.45, 2.75) is 13.8 Å². The van der Waals surface area contributed by atoms with Crippen LogP contribution < -0.4 is 16.4 Å². The average Bonchev–Trinajstić information content (AvgIpc) is 2.38. The highest BCUT2D eigenvalue weighted by atomic mass is 35.5. The number of amides is 2. The number of nitrogens with one attached hydrogen (secondary N) is 2. The third-order valence-electron chi connectivity index (χ3n) is 2.71. The van der Waals surface area contributed by atoms with Gasteiger partial charge in [0, 0.05) is 19.5 Å². The van der Waals surface area contributed by atoms with Crippen molar-refractivity contribution in [1.29, 1.82) is 0 Å². The summed E-state index contributed by atoms with van der Waals surface area (Å²) < 4.78 is 0. The van der Waals surface area contributed by atoms with E-state index in [1.807, 2.05) is 13.0 Å². The number of nitrogens with two attached hydrogens (primary N) is 1. The fraction of sp³-hybridized carbons (Fsp3) is 0.385. The van der Waals surface area contributed by atoms with Gasteiger partial charge in [0.25, 0.3) is 5.91 Å². The molecule has 0 bridgehead atoms. The van der Waals surface area contributed by atoms with Gasteiger partial charge in [-0.1, -0.05) is 18.6 Å². The van der Waals surface area contributed by atoms with Gasteiger partial charge in [0.05, 0.1) is 11.3 Å². The highest BCUT2D eigenvalue weighted by molar-refractivity contribution is 6.04. The maximum absolute atomic E-state index is 11.8. The molecule has 0 saturated carbocycles. The number of aryl methyl sites for hydroxylation is 1. The number of anilines is 1. The molecule has 106 valence electrons. The first-order valence-electron chi connectivity index (χ1n) is 5.83. The van der Waals surface area contributed by atoms with Gasteiger partial charge in [0.1, 0.15) is 0 Å². The van der Waals surface area contributed by atoms with Crippen molar-refractivity contribution in [3.8, 4) is 0 Å². The molecule has 0 aromatic heterocycles. The van der Waals surface area contributed by atoms with E-state index in [-0.39, 0.29) is 36.7 Å². The molecule has 1 aromatic rings. The zero-order chi connectivity index (χ0) is 13.7. The standard InChI is InChI=1S/C13H19N3O2.ClH/c1-8-4-5-11(10(6-8)13(18)15-3)16-12(17)9(2)7-14;/h4-6,9H,7,14H2,1-3H3,(H,15,18)(H,16,17);1H. The van der Waals surface area contributed by atoms with Crippen LogP contribution in [-0.2, 0) is 4.79 Å². The Hall–Kier alpha value is -1.59. The maximum Gasteiger partial charge on any atom is 0.253 e. The molecule has 0 saturated heterocycles. The highest BCUT2D eigenvalue weighted by Crippen LogP contribution is 2.18. The van der Waals surface area contributed by atoms with Crippen LogP contribution in [0.4, 0.5) is 5.69 Å². The number of rotatable bonds is 4. The number of hydrogen-bond donors (Lipinski definition) is 3. The first-order valence-corrected chi connectivity index (χ1v) is 5.83. The normalized spacial score (nSPS) is 11.2. The second-order valence-electron chi connectivity index (χ2n) is 4.25. The van der Waals surface area contributed by atoms with Crippen molar-refractivity contribution in [1.82, 2.24) is 5.32 Å². The third kappa shape index (κ3) is 4.54. The molecule has 1 aromatic carbocycles. The summed E-state index contributed by atoms with van der Waals surface area (Å²) in [7, 11) is 1.55. The summed E-state index contributed by atoms with van der Waals surface area (Å²) in [6, 6.07) is 5.30. The van der Waals surface area contributed by atoms with Crippen molar-refractivity contribution < 1.29 is 9.59 Å². The summed E-state index contributed by atoms with van der Waals surface area (Å²) in [4.78, 5) is 23.5. The summed E-state index contributed by atoms with van der Waals surface area (Å²) in [6.07, 6.45) is 0. The van der Waals surface area contributed by atoms with E-state index < -0.39 is 0 Å². The molecule has 1 atom stereocenters. The first-order chi connectivity index (χ1) is 8.49. The summed E-state index contributed by atoms with van der Waals surface area (Å²) in [5, 5.41) is 5.27. The van der Waals surface area contributed by atoms with Crippen molar-refractivity contribution >= 4 is 29.9 Å². The Labute approximate surface area is 119 Å². The van der Waals surface area contributed by atoms with Crippen LogP contribution >= 0.6 is 12.4 Å². The smallest absolute Gasteiger partial charge is 0.253 e. The lowest BCUT2D eigenvalue weighted by Gasteiger charge is -2.13. The van der Waals surface area contributed by atoms with Gasteiger partial charge >= 0.3 is 0 Å². The molecular formula is C13H20ClN3O2. The van der Waals surface area contributed by atoms with Crippen molar-refractivity contribution in [2.75, 3.05) is 18.9 Å². The van der Waals surface area contributed by atoms with E-state index in [4.69, 9.17) is 5.73 Å². The Bertz CT molecular complexity index is 463. The van der Waals surface area contributed by atoms with E-state index >= 15 is 0 Å². The van der Waals surface area contributed by atoms with Crippen molar-refractivity contribution in [3.05, 3.63) is 29.3 Å². The number of hydrogen-bond acceptors (Lipinski definition) is 3. The van der Waals surface area contributed by atoms with E-state index in [1.54, 1.807) is 26.1 Å². The molecule has 0 heterocycles. The Kier molecular flexibility index (Phi) is 7.11. The minimum Gasteiger partial charge on any atom is -0.355 e. The van der Waals surface area contributed by atoms with Crippen LogP contribution in [-0.4, -0.2) is 25.4 Å². The van der Waals surface area contributed by atoms with E-state index in [9.17, 15) is 9.59 Å². The second kappa shape index (κ2) is 7.76. The Morgan fingerprint density at radius 2 is 2.00 bits per heavy atom. The maximum atomic E-state index is 11.8. The molecule has 4 N–H and O–H groups in total. The lowest BCUT2D eigenvalue weighted by atomic mass is 10.1. The third-order valence-corrected chi connectivity index (χ3v) is 2.71. The Morgan fingerprint density at radius 3 is 2.53 bits per heavy atom. The highest BCUT2D eigenvalue weighted by Gasteiger charge is 2.15. The molecule has 6 heteroatoms. The molecule has 1 unspecified atom stereocenters. The fourth-order valence-electron chi connectivity index (χ4n) is 1.45. The van der Waals surface area contributed by atoms with Gasteiger partial charge in [-0.3, -0.25) is 9.59 Å². The lowest BCUT2D eigenvalue weighted by Crippen LogP contribution is -2.28. The fourth-order valence-corrected chi connectivity index (χ4v) is 1.45. The molecule has 19 heavy (non-hydrogen) atoms. The molecule has 0 fully saturated rings. The van der Waals surface area contributed by atoms with Crippen LogP contribution in [0, 0.1) is 12.8 Å². The zero-order valence-corrected chi connectivity index (χ0v) is 12.1. The molecule has 1 rings (SSSR count). The Balaban J connectivity index is 0.00000324. The molecule has 0 aliphatic heterocycles. The SMILES string of the molecule is CNC(=O)c1cc(C)ccc1NC(=O)C(C)CN.Cl. The van der Waals surface area contributed by atoms with Crippen LogP contribution in [0.25, 0.3) is 0 Å². The van der Waals surface area contributed by atoms with Crippen LogP contribution in [0.15, 0.2) is 18.2 Å². The van der Waals surface area contributed by atoms with Gasteiger partial charge in [-0.15, -0.1) is 12.4 Å². The van der Waals surface area contributed by atoms with E-state index in [0.717, 1.165) is 5.56 Å². The van der Waals surface area contributed by atoms with Crippen molar-refractivity contribution in [2.24, 2.45) is 11.7 Å². The molecule has 0 radical (unpaired) electrons. The number of halogens is 1. The molecule has 0 aliphatic rings. The summed E-state index contributed by atoms with van der Waals surface area (Å²) in [6.45, 7) is 3.90. The second-order valence-corrected chi connectivity index (χ2v) is 4.25. The predicted octanol–water partition coefficient (Wildman–Crippen LogP) is 1.31. The van der Waals surface area contributed by atoms with E-state index in [2.05, 4.69) is 10.6 Å². The minimum absolute atomic E-state index is 0. The van der Waals surface area contributed by atoms with Gasteiger partial charge in [-0.2, -0.15) is 0 Å². The molecule has 0 aliphatic carbocycles. The quantitative estimate of drug-likeness (QED) is 0.780. The number of carbonyl (C=O) groups excluding carboxylic acids is 2. The molecule has 2 amide bonds. The summed E-state index contributed by atoms with van der Waals surface area (Å²) in [5.41, 5.74) is 7.35. The van der Waals surface area contributed by atoms with Crippen molar-refractivity contribution in [3.63, 3.8) is 0 Å². The molecule has 0 spiro atoms. The van der Waals surface area contributed by atoms with Gasteiger partial charge in [0.2, 0.25) is 5.91 Å². The van der Waals surface area contributed by atoms with Crippen LogP contribution in [0.2, 0.25) is 0 Å². The number of benzene rings is 1. The summed E-state index contributed by atoms with van der Waals surface area (Å²) in [5.74, 6) is -0.704. The van der Waals surface area contributed by atoms with E-state index in [1.165, 1.54) is 0 Å². The topological polar surface area (TPSA) is 84.2 Å². The van der Waals surface area contributed by atoms with Gasteiger partial charge < -0.3 is 16.4 Å². The lowest BCUT2D eigenvalue weighted by molar-refractivity contribution is -0.119. The van der Waals surface area contributed by atoms with Gasteiger partial charge in [-0.05, 0) is 19.1 Å². The summed E-state index contributed by atoms with van der Waals surface area (Å²) >= 11 is 0. The van der Waals surface area contributed by atoms with Gasteiger partial charge in [-0.25, -0.2) is 0 Å². The average molecular weight is 286 g/mol. The van der Waals surface area contributed by atoms with Crippen LogP contribution in [0.5, 0.6) is 0 Å². The predicted molar refractivity (Wildman–Crippen MR) is 78.7 cm³/mol. The van der Waals surface area contributed by atoms with Gasteiger partial charge in [0.15, 0.2) is 0 Å². The van der Waals surface area contributed by atoms with Crippen LogP contribution in [0.1, 0.15) is 22.8 Å². The largest absolute Gasteiger partial charge is 0.355 e. The minimum atomic E-state index is -0.288. The van der Waals surface area contributed by atoms with E-state index in [0.29, 0.717) is 11.3 Å². The molecular weight excluding hydrogens is 266 g/mol.